The first-order valence-corrected chi connectivity index (χ1v) is 7.09. The maximum atomic E-state index is 12.2. The Bertz CT molecular complexity index is 654. The summed E-state index contributed by atoms with van der Waals surface area (Å²) < 4.78 is 0. The largest absolute Gasteiger partial charge is 0.382 e. The van der Waals surface area contributed by atoms with Gasteiger partial charge in [0.25, 0.3) is 5.91 Å². The molecule has 0 aliphatic rings. The molecule has 3 N–H and O–H groups in total. The second kappa shape index (κ2) is 5.68. The molecule has 0 aliphatic heterocycles. The Morgan fingerprint density at radius 2 is 2.15 bits per heavy atom. The number of aryl methyl sites for hydroxylation is 1. The number of aromatic nitrogens is 1. The third-order valence-corrected chi connectivity index (χ3v) is 4.15. The van der Waals surface area contributed by atoms with Gasteiger partial charge in [-0.05, 0) is 24.6 Å². The highest BCUT2D eigenvalue weighted by Crippen LogP contribution is 2.29. The van der Waals surface area contributed by atoms with E-state index in [0.717, 1.165) is 5.56 Å². The average molecular weight is 311 g/mol. The molecule has 1 aromatic heterocycles. The maximum absolute atomic E-state index is 12.2. The van der Waals surface area contributed by atoms with Crippen LogP contribution >= 0.6 is 22.9 Å². The minimum absolute atomic E-state index is 0.222. The fraction of sp³-hybridized carbons (Fsp3) is 0.231. The highest BCUT2D eigenvalue weighted by molar-refractivity contribution is 7.18. The molecule has 0 spiro atoms. The number of anilines is 3. The van der Waals surface area contributed by atoms with Gasteiger partial charge in [-0.25, -0.2) is 4.98 Å². The first-order chi connectivity index (χ1) is 9.38. The van der Waals surface area contributed by atoms with Crippen molar-refractivity contribution in [3.8, 4) is 0 Å². The van der Waals surface area contributed by atoms with E-state index in [1.165, 1.54) is 11.3 Å². The molecule has 0 fully saturated rings. The van der Waals surface area contributed by atoms with Crippen molar-refractivity contribution in [1.29, 1.82) is 0 Å². The zero-order valence-corrected chi connectivity index (χ0v) is 13.0. The summed E-state index contributed by atoms with van der Waals surface area (Å²) in [6.07, 6.45) is 0. The third kappa shape index (κ3) is 3.02. The van der Waals surface area contributed by atoms with E-state index in [1.54, 1.807) is 17.0 Å². The van der Waals surface area contributed by atoms with Crippen molar-refractivity contribution in [2.75, 3.05) is 30.0 Å². The lowest BCUT2D eigenvalue weighted by Gasteiger charge is -2.07. The van der Waals surface area contributed by atoms with Gasteiger partial charge in [-0.3, -0.25) is 4.79 Å². The number of nitrogen functional groups attached to an aromatic ring is 1. The Labute approximate surface area is 126 Å². The quantitative estimate of drug-likeness (QED) is 0.914. The molecule has 2 rings (SSSR count). The number of rotatable bonds is 3. The summed E-state index contributed by atoms with van der Waals surface area (Å²) in [4.78, 5) is 18.5. The fourth-order valence-corrected chi connectivity index (χ4v) is 2.66. The molecule has 0 saturated carbocycles. The van der Waals surface area contributed by atoms with Crippen molar-refractivity contribution >= 4 is 45.5 Å². The van der Waals surface area contributed by atoms with Crippen LogP contribution in [0.4, 0.5) is 16.6 Å². The van der Waals surface area contributed by atoms with Gasteiger partial charge in [-0.15, -0.1) is 0 Å². The average Bonchev–Trinajstić information content (AvgIpc) is 2.75. The molecule has 0 atom stereocenters. The second-order valence-corrected chi connectivity index (χ2v) is 5.93. The van der Waals surface area contributed by atoms with Crippen LogP contribution in [0.5, 0.6) is 0 Å². The van der Waals surface area contributed by atoms with Crippen LogP contribution in [0.1, 0.15) is 15.2 Å². The molecule has 0 saturated heterocycles. The van der Waals surface area contributed by atoms with E-state index < -0.39 is 0 Å². The van der Waals surface area contributed by atoms with Crippen LogP contribution in [0.15, 0.2) is 18.2 Å². The van der Waals surface area contributed by atoms with Gasteiger partial charge in [0.05, 0.1) is 10.7 Å². The van der Waals surface area contributed by atoms with Crippen molar-refractivity contribution in [1.82, 2.24) is 4.98 Å². The Morgan fingerprint density at radius 1 is 1.45 bits per heavy atom. The zero-order valence-electron chi connectivity index (χ0n) is 11.4. The highest BCUT2D eigenvalue weighted by atomic mass is 35.5. The van der Waals surface area contributed by atoms with Crippen molar-refractivity contribution in [3.05, 3.63) is 33.7 Å². The minimum Gasteiger partial charge on any atom is -0.382 e. The summed E-state index contributed by atoms with van der Waals surface area (Å²) in [5.41, 5.74) is 7.36. The standard InChI is InChI=1S/C13H15ClN4OS/c1-7-4-5-9(8(14)6-7)16-12(19)10-11(15)17-13(20-10)18(2)3/h4-6H,15H2,1-3H3,(H,16,19). The van der Waals surface area contributed by atoms with E-state index in [2.05, 4.69) is 10.3 Å². The molecule has 0 bridgehead atoms. The predicted molar refractivity (Wildman–Crippen MR) is 85.0 cm³/mol. The molecule has 20 heavy (non-hydrogen) atoms. The summed E-state index contributed by atoms with van der Waals surface area (Å²) >= 11 is 7.33. The number of carbonyl (C=O) groups excluding carboxylic acids is 1. The van der Waals surface area contributed by atoms with Gasteiger partial charge in [-0.1, -0.05) is 29.0 Å². The zero-order chi connectivity index (χ0) is 14.9. The molecule has 7 heteroatoms. The Kier molecular flexibility index (Phi) is 4.15. The van der Waals surface area contributed by atoms with Gasteiger partial charge in [0.2, 0.25) is 0 Å². The topological polar surface area (TPSA) is 71.2 Å². The van der Waals surface area contributed by atoms with Crippen LogP contribution in [-0.2, 0) is 0 Å². The normalized spacial score (nSPS) is 10.4. The van der Waals surface area contributed by atoms with Gasteiger partial charge < -0.3 is 16.0 Å². The molecule has 0 radical (unpaired) electrons. The number of nitrogens with zero attached hydrogens (tertiary/aromatic N) is 2. The van der Waals surface area contributed by atoms with Crippen molar-refractivity contribution < 1.29 is 4.79 Å². The first-order valence-electron chi connectivity index (χ1n) is 5.89. The molecule has 1 aromatic carbocycles. The van der Waals surface area contributed by atoms with E-state index in [0.29, 0.717) is 20.7 Å². The van der Waals surface area contributed by atoms with Crippen LogP contribution in [-0.4, -0.2) is 25.0 Å². The fourth-order valence-electron chi connectivity index (χ4n) is 1.57. The molecule has 0 unspecified atom stereocenters. The molecule has 0 aliphatic carbocycles. The summed E-state index contributed by atoms with van der Waals surface area (Å²) in [5, 5.41) is 3.93. The van der Waals surface area contributed by atoms with E-state index in [9.17, 15) is 4.79 Å². The van der Waals surface area contributed by atoms with Crippen LogP contribution < -0.4 is 16.0 Å². The number of nitrogens with two attached hydrogens (primary N) is 1. The molecule has 1 amide bonds. The molecule has 106 valence electrons. The molecule has 2 aromatic rings. The SMILES string of the molecule is Cc1ccc(NC(=O)c2sc(N(C)C)nc2N)c(Cl)c1. The van der Waals surface area contributed by atoms with Gasteiger partial charge in [0.15, 0.2) is 5.13 Å². The number of carbonyl (C=O) groups is 1. The maximum Gasteiger partial charge on any atom is 0.269 e. The van der Waals surface area contributed by atoms with Gasteiger partial charge >= 0.3 is 0 Å². The Balaban J connectivity index is 2.24. The molecular weight excluding hydrogens is 296 g/mol. The van der Waals surface area contributed by atoms with Crippen molar-refractivity contribution in [2.45, 2.75) is 6.92 Å². The number of hydrogen-bond acceptors (Lipinski definition) is 5. The molecule has 1 heterocycles. The summed E-state index contributed by atoms with van der Waals surface area (Å²) in [6, 6.07) is 5.43. The van der Waals surface area contributed by atoms with Crippen molar-refractivity contribution in [3.63, 3.8) is 0 Å². The lowest BCUT2D eigenvalue weighted by molar-refractivity contribution is 0.103. The van der Waals surface area contributed by atoms with Crippen LogP contribution in [0, 0.1) is 6.92 Å². The first kappa shape index (κ1) is 14.6. The van der Waals surface area contributed by atoms with E-state index in [4.69, 9.17) is 17.3 Å². The predicted octanol–water partition coefficient (Wildman–Crippen LogP) is 3.01. The lowest BCUT2D eigenvalue weighted by Crippen LogP contribution is -2.12. The monoisotopic (exact) mass is 310 g/mol. The number of nitrogens with one attached hydrogen (secondary N) is 1. The number of amides is 1. The number of benzene rings is 1. The second-order valence-electron chi connectivity index (χ2n) is 4.54. The molecular formula is C13H15ClN4OS. The van der Waals surface area contributed by atoms with Crippen LogP contribution in [0.2, 0.25) is 5.02 Å². The number of thiazole rings is 1. The summed E-state index contributed by atoms with van der Waals surface area (Å²) in [7, 11) is 3.69. The van der Waals surface area contributed by atoms with Gasteiger partial charge in [0.1, 0.15) is 10.7 Å². The van der Waals surface area contributed by atoms with E-state index >= 15 is 0 Å². The molecule has 5 nitrogen and oxygen atoms in total. The lowest BCUT2D eigenvalue weighted by atomic mass is 10.2. The number of hydrogen-bond donors (Lipinski definition) is 2. The summed E-state index contributed by atoms with van der Waals surface area (Å²) in [6.45, 7) is 1.93. The Morgan fingerprint density at radius 3 is 2.70 bits per heavy atom. The smallest absolute Gasteiger partial charge is 0.269 e. The minimum atomic E-state index is -0.307. The van der Waals surface area contributed by atoms with Crippen LogP contribution in [0.3, 0.4) is 0 Å². The van der Waals surface area contributed by atoms with Crippen molar-refractivity contribution in [2.24, 2.45) is 0 Å². The number of halogens is 1. The highest BCUT2D eigenvalue weighted by Gasteiger charge is 2.18. The third-order valence-electron chi connectivity index (χ3n) is 2.60. The van der Waals surface area contributed by atoms with Gasteiger partial charge in [0, 0.05) is 14.1 Å². The van der Waals surface area contributed by atoms with E-state index in [1.807, 2.05) is 27.1 Å². The van der Waals surface area contributed by atoms with E-state index in [-0.39, 0.29) is 11.7 Å². The van der Waals surface area contributed by atoms with Gasteiger partial charge in [-0.2, -0.15) is 0 Å². The van der Waals surface area contributed by atoms with Crippen LogP contribution in [0.25, 0.3) is 0 Å². The summed E-state index contributed by atoms with van der Waals surface area (Å²) in [5.74, 6) is -0.0849. The Hall–Kier alpha value is -1.79.